The summed E-state index contributed by atoms with van der Waals surface area (Å²) in [6.07, 6.45) is 2.21. The number of nitrogens with zero attached hydrogens (tertiary/aromatic N) is 3. The van der Waals surface area contributed by atoms with Crippen LogP contribution in [0.2, 0.25) is 0 Å². The molecule has 0 aromatic carbocycles. The molecule has 2 aliphatic rings. The molecule has 2 fully saturated rings. The van der Waals surface area contributed by atoms with Crippen molar-refractivity contribution in [3.05, 3.63) is 0 Å². The van der Waals surface area contributed by atoms with Crippen molar-refractivity contribution in [1.29, 1.82) is 0 Å². The van der Waals surface area contributed by atoms with Gasteiger partial charge in [0.25, 0.3) is 0 Å². The number of amides is 1. The van der Waals surface area contributed by atoms with Crippen LogP contribution >= 0.6 is 0 Å². The molecular weight excluding hydrogens is 190 g/mol. The fourth-order valence-corrected chi connectivity index (χ4v) is 2.46. The van der Waals surface area contributed by atoms with Gasteiger partial charge in [0.1, 0.15) is 0 Å². The highest BCUT2D eigenvalue weighted by Crippen LogP contribution is 2.17. The molecule has 1 unspecified atom stereocenters. The normalized spacial score (nSPS) is 29.7. The summed E-state index contributed by atoms with van der Waals surface area (Å²) in [4.78, 5) is 18.7. The first-order valence-electron chi connectivity index (χ1n) is 5.86. The second-order valence-corrected chi connectivity index (χ2v) is 4.77. The minimum absolute atomic E-state index is 0.161. The van der Waals surface area contributed by atoms with Gasteiger partial charge in [-0.3, -0.25) is 9.69 Å². The standard InChI is InChI=1S/C11H21N3O/c1-12-6-8-14(9-7-12)11(15)10-4-3-5-13(10)2/h10H,3-9H2,1-2H3. The lowest BCUT2D eigenvalue weighted by atomic mass is 10.2. The number of rotatable bonds is 1. The second kappa shape index (κ2) is 4.49. The summed E-state index contributed by atoms with van der Waals surface area (Å²) in [6.45, 7) is 4.91. The maximum absolute atomic E-state index is 12.2. The molecule has 2 heterocycles. The molecule has 0 aromatic heterocycles. The first kappa shape index (κ1) is 10.9. The number of hydrogen-bond acceptors (Lipinski definition) is 3. The van der Waals surface area contributed by atoms with E-state index in [-0.39, 0.29) is 6.04 Å². The zero-order valence-electron chi connectivity index (χ0n) is 9.78. The number of likely N-dealkylation sites (tertiary alicyclic amines) is 1. The van der Waals surface area contributed by atoms with E-state index in [4.69, 9.17) is 0 Å². The molecule has 1 amide bonds. The van der Waals surface area contributed by atoms with Gasteiger partial charge in [-0.05, 0) is 33.5 Å². The molecule has 0 saturated carbocycles. The van der Waals surface area contributed by atoms with Crippen molar-refractivity contribution in [2.45, 2.75) is 18.9 Å². The first-order chi connectivity index (χ1) is 7.18. The van der Waals surface area contributed by atoms with Crippen LogP contribution in [0.5, 0.6) is 0 Å². The molecule has 0 radical (unpaired) electrons. The first-order valence-corrected chi connectivity index (χ1v) is 5.86. The topological polar surface area (TPSA) is 26.8 Å². The fraction of sp³-hybridized carbons (Fsp3) is 0.909. The van der Waals surface area contributed by atoms with E-state index in [9.17, 15) is 4.79 Å². The Bertz CT molecular complexity index is 236. The van der Waals surface area contributed by atoms with Crippen LogP contribution in [0.1, 0.15) is 12.8 Å². The van der Waals surface area contributed by atoms with E-state index in [0.29, 0.717) is 5.91 Å². The molecule has 2 saturated heterocycles. The van der Waals surface area contributed by atoms with Gasteiger partial charge in [-0.2, -0.15) is 0 Å². The van der Waals surface area contributed by atoms with E-state index in [1.807, 2.05) is 4.90 Å². The minimum atomic E-state index is 0.161. The lowest BCUT2D eigenvalue weighted by molar-refractivity contribution is -0.137. The van der Waals surface area contributed by atoms with E-state index >= 15 is 0 Å². The zero-order chi connectivity index (χ0) is 10.8. The van der Waals surface area contributed by atoms with Crippen molar-refractivity contribution in [2.75, 3.05) is 46.8 Å². The minimum Gasteiger partial charge on any atom is -0.339 e. The molecule has 4 heteroatoms. The van der Waals surface area contributed by atoms with Gasteiger partial charge in [0, 0.05) is 26.2 Å². The summed E-state index contributed by atoms with van der Waals surface area (Å²) in [6, 6.07) is 0.161. The monoisotopic (exact) mass is 211 g/mol. The molecule has 0 spiro atoms. The summed E-state index contributed by atoms with van der Waals surface area (Å²) >= 11 is 0. The van der Waals surface area contributed by atoms with Gasteiger partial charge in [-0.1, -0.05) is 0 Å². The lowest BCUT2D eigenvalue weighted by Gasteiger charge is -2.35. The van der Waals surface area contributed by atoms with Crippen LogP contribution in [0.15, 0.2) is 0 Å². The smallest absolute Gasteiger partial charge is 0.240 e. The zero-order valence-corrected chi connectivity index (χ0v) is 9.78. The lowest BCUT2D eigenvalue weighted by Crippen LogP contribution is -2.52. The molecule has 0 aromatic rings. The van der Waals surface area contributed by atoms with Crippen LogP contribution in [0.4, 0.5) is 0 Å². The fourth-order valence-electron chi connectivity index (χ4n) is 2.46. The number of piperazine rings is 1. The van der Waals surface area contributed by atoms with E-state index in [0.717, 1.165) is 39.1 Å². The number of hydrogen-bond donors (Lipinski definition) is 0. The highest BCUT2D eigenvalue weighted by Gasteiger charge is 2.32. The third kappa shape index (κ3) is 2.32. The van der Waals surface area contributed by atoms with Crippen molar-refractivity contribution in [3.8, 4) is 0 Å². The Kier molecular flexibility index (Phi) is 3.26. The molecule has 2 aliphatic heterocycles. The van der Waals surface area contributed by atoms with Gasteiger partial charge < -0.3 is 9.80 Å². The second-order valence-electron chi connectivity index (χ2n) is 4.77. The Morgan fingerprint density at radius 1 is 1.07 bits per heavy atom. The van der Waals surface area contributed by atoms with Crippen LogP contribution in [0, 0.1) is 0 Å². The Morgan fingerprint density at radius 2 is 1.73 bits per heavy atom. The highest BCUT2D eigenvalue weighted by molar-refractivity contribution is 5.82. The van der Waals surface area contributed by atoms with Gasteiger partial charge in [-0.15, -0.1) is 0 Å². The van der Waals surface area contributed by atoms with Gasteiger partial charge in [0.15, 0.2) is 0 Å². The maximum atomic E-state index is 12.2. The largest absolute Gasteiger partial charge is 0.339 e. The summed E-state index contributed by atoms with van der Waals surface area (Å²) in [5.74, 6) is 0.350. The Balaban J connectivity index is 1.90. The van der Waals surface area contributed by atoms with Crippen molar-refractivity contribution in [2.24, 2.45) is 0 Å². The molecule has 2 rings (SSSR count). The molecule has 15 heavy (non-hydrogen) atoms. The van der Waals surface area contributed by atoms with Gasteiger partial charge in [0.2, 0.25) is 5.91 Å². The quantitative estimate of drug-likeness (QED) is 0.604. The molecule has 4 nitrogen and oxygen atoms in total. The molecular formula is C11H21N3O. The Labute approximate surface area is 91.8 Å². The summed E-state index contributed by atoms with van der Waals surface area (Å²) in [5, 5.41) is 0. The molecule has 1 atom stereocenters. The third-order valence-corrected chi connectivity index (χ3v) is 3.62. The van der Waals surface area contributed by atoms with Crippen LogP contribution in [-0.4, -0.2) is 73.5 Å². The molecule has 0 N–H and O–H groups in total. The van der Waals surface area contributed by atoms with Crippen LogP contribution < -0.4 is 0 Å². The Hall–Kier alpha value is -0.610. The average molecular weight is 211 g/mol. The van der Waals surface area contributed by atoms with E-state index in [1.54, 1.807) is 0 Å². The summed E-state index contributed by atoms with van der Waals surface area (Å²) < 4.78 is 0. The summed E-state index contributed by atoms with van der Waals surface area (Å²) in [7, 11) is 4.18. The van der Waals surface area contributed by atoms with Crippen LogP contribution in [0.3, 0.4) is 0 Å². The predicted molar refractivity (Wildman–Crippen MR) is 59.7 cm³/mol. The number of carbonyl (C=O) groups is 1. The highest BCUT2D eigenvalue weighted by atomic mass is 16.2. The summed E-state index contributed by atoms with van der Waals surface area (Å²) in [5.41, 5.74) is 0. The maximum Gasteiger partial charge on any atom is 0.240 e. The van der Waals surface area contributed by atoms with Gasteiger partial charge in [-0.25, -0.2) is 0 Å². The van der Waals surface area contributed by atoms with E-state index in [1.165, 1.54) is 6.42 Å². The SMILES string of the molecule is CN1CCN(C(=O)C2CCCN2C)CC1. The van der Waals surface area contributed by atoms with Crippen molar-refractivity contribution >= 4 is 5.91 Å². The number of carbonyl (C=O) groups excluding carboxylic acids is 1. The van der Waals surface area contributed by atoms with Gasteiger partial charge >= 0.3 is 0 Å². The van der Waals surface area contributed by atoms with Crippen molar-refractivity contribution < 1.29 is 4.79 Å². The molecule has 86 valence electrons. The van der Waals surface area contributed by atoms with Crippen LogP contribution in [-0.2, 0) is 4.79 Å². The third-order valence-electron chi connectivity index (χ3n) is 3.62. The van der Waals surface area contributed by atoms with E-state index < -0.39 is 0 Å². The van der Waals surface area contributed by atoms with E-state index in [2.05, 4.69) is 23.9 Å². The average Bonchev–Trinajstić information content (AvgIpc) is 2.65. The molecule has 0 aliphatic carbocycles. The van der Waals surface area contributed by atoms with Crippen molar-refractivity contribution in [1.82, 2.24) is 14.7 Å². The van der Waals surface area contributed by atoms with Crippen molar-refractivity contribution in [3.63, 3.8) is 0 Å². The van der Waals surface area contributed by atoms with Gasteiger partial charge in [0.05, 0.1) is 6.04 Å². The Morgan fingerprint density at radius 3 is 2.27 bits per heavy atom. The molecule has 0 bridgehead atoms. The number of likely N-dealkylation sites (N-methyl/N-ethyl adjacent to an activating group) is 2. The van der Waals surface area contributed by atoms with Crippen LogP contribution in [0.25, 0.3) is 0 Å². The predicted octanol–water partition coefficient (Wildman–Crippen LogP) is -0.145.